The quantitative estimate of drug-likeness (QED) is 0.559. The molecule has 1 rings (SSSR count). The fraction of sp³-hybridized carbons (Fsp3) is 0.467. The number of rotatable bonds is 9. The summed E-state index contributed by atoms with van der Waals surface area (Å²) in [5, 5.41) is 3.36. The van der Waals surface area contributed by atoms with Crippen molar-refractivity contribution in [1.82, 2.24) is 5.32 Å². The molecule has 0 saturated carbocycles. The largest absolute Gasteiger partial charge is 0.313 e. The lowest BCUT2D eigenvalue weighted by Gasteiger charge is -2.05. The average Bonchev–Trinajstić information content (AvgIpc) is 2.37. The zero-order valence-electron chi connectivity index (χ0n) is 11.6. The second kappa shape index (κ2) is 8.12. The number of nitrogens with one attached hydrogen (secondary N) is 1. The summed E-state index contributed by atoms with van der Waals surface area (Å²) in [5.74, 6) is 0. The van der Waals surface area contributed by atoms with E-state index >= 15 is 0 Å². The van der Waals surface area contributed by atoms with Crippen LogP contribution < -0.4 is 5.32 Å². The predicted octanol–water partition coefficient (Wildman–Crippen LogP) is 2.93. The normalized spacial score (nSPS) is 11.4. The molecule has 0 fully saturated rings. The lowest BCUT2D eigenvalue weighted by molar-refractivity contribution is 0.600. The zero-order chi connectivity index (χ0) is 14.1. The molecule has 0 heterocycles. The van der Waals surface area contributed by atoms with Crippen molar-refractivity contribution in [2.24, 2.45) is 0 Å². The van der Waals surface area contributed by atoms with Gasteiger partial charge in [0, 0.05) is 12.8 Å². The first-order valence-corrected chi connectivity index (χ1v) is 8.54. The third kappa shape index (κ3) is 6.55. The fourth-order valence-corrected chi connectivity index (χ4v) is 2.43. The molecule has 0 aliphatic rings. The molecule has 0 spiro atoms. The average molecular weight is 281 g/mol. The molecule has 0 unspecified atom stereocenters. The molecule has 3 nitrogen and oxygen atoms in total. The maximum Gasteiger partial charge on any atom is 0.175 e. The van der Waals surface area contributed by atoms with Crippen molar-refractivity contribution in [2.45, 2.75) is 37.1 Å². The molecule has 0 atom stereocenters. The van der Waals surface area contributed by atoms with Crippen LogP contribution in [-0.4, -0.2) is 21.2 Å². The molecule has 0 amide bonds. The van der Waals surface area contributed by atoms with Crippen LogP contribution in [-0.2, 0) is 16.4 Å². The van der Waals surface area contributed by atoms with Gasteiger partial charge in [-0.2, -0.15) is 0 Å². The van der Waals surface area contributed by atoms with Gasteiger partial charge >= 0.3 is 0 Å². The maximum absolute atomic E-state index is 11.3. The number of benzene rings is 1. The van der Waals surface area contributed by atoms with Gasteiger partial charge < -0.3 is 5.32 Å². The SMILES string of the molecule is C=CCCCCCNCc1ccc(S(C)(=O)=O)cc1. The molecule has 19 heavy (non-hydrogen) atoms. The van der Waals surface area contributed by atoms with Gasteiger partial charge in [0.05, 0.1) is 4.90 Å². The summed E-state index contributed by atoms with van der Waals surface area (Å²) in [7, 11) is -3.09. The Bertz CT molecular complexity index is 477. The van der Waals surface area contributed by atoms with Crippen LogP contribution in [0, 0.1) is 0 Å². The summed E-state index contributed by atoms with van der Waals surface area (Å²) in [5.41, 5.74) is 1.11. The molecule has 1 aromatic rings. The van der Waals surface area contributed by atoms with Gasteiger partial charge in [-0.05, 0) is 43.5 Å². The minimum Gasteiger partial charge on any atom is -0.313 e. The van der Waals surface area contributed by atoms with Crippen LogP contribution in [0.4, 0.5) is 0 Å². The Morgan fingerprint density at radius 3 is 2.42 bits per heavy atom. The number of hydrogen-bond donors (Lipinski definition) is 1. The Hall–Kier alpha value is -1.13. The van der Waals surface area contributed by atoms with E-state index in [1.807, 2.05) is 18.2 Å². The van der Waals surface area contributed by atoms with E-state index in [4.69, 9.17) is 0 Å². The number of allylic oxidation sites excluding steroid dienone is 1. The van der Waals surface area contributed by atoms with E-state index in [1.165, 1.54) is 19.1 Å². The van der Waals surface area contributed by atoms with E-state index in [9.17, 15) is 8.42 Å². The van der Waals surface area contributed by atoms with Crippen LogP contribution in [0.3, 0.4) is 0 Å². The summed E-state index contributed by atoms with van der Waals surface area (Å²) in [6.07, 6.45) is 7.85. The second-order valence-corrected chi connectivity index (χ2v) is 6.75. The van der Waals surface area contributed by atoms with Crippen LogP contribution in [0.5, 0.6) is 0 Å². The van der Waals surface area contributed by atoms with Crippen LogP contribution in [0.25, 0.3) is 0 Å². The highest BCUT2D eigenvalue weighted by atomic mass is 32.2. The number of unbranched alkanes of at least 4 members (excludes halogenated alkanes) is 3. The van der Waals surface area contributed by atoms with E-state index in [-0.39, 0.29) is 0 Å². The van der Waals surface area contributed by atoms with Gasteiger partial charge in [-0.1, -0.05) is 24.6 Å². The molecule has 1 aromatic carbocycles. The number of hydrogen-bond acceptors (Lipinski definition) is 3. The highest BCUT2D eigenvalue weighted by Crippen LogP contribution is 2.10. The van der Waals surface area contributed by atoms with Crippen molar-refractivity contribution in [2.75, 3.05) is 12.8 Å². The van der Waals surface area contributed by atoms with E-state index in [0.717, 1.165) is 31.5 Å². The van der Waals surface area contributed by atoms with Crippen LogP contribution in [0.2, 0.25) is 0 Å². The third-order valence-corrected chi connectivity index (χ3v) is 4.07. The Balaban J connectivity index is 2.25. The van der Waals surface area contributed by atoms with Crippen LogP contribution in [0.1, 0.15) is 31.2 Å². The number of sulfone groups is 1. The van der Waals surface area contributed by atoms with Crippen LogP contribution >= 0.6 is 0 Å². The Morgan fingerprint density at radius 2 is 1.84 bits per heavy atom. The van der Waals surface area contributed by atoms with Crippen molar-refractivity contribution in [3.8, 4) is 0 Å². The third-order valence-electron chi connectivity index (χ3n) is 2.94. The van der Waals surface area contributed by atoms with Crippen molar-refractivity contribution in [3.05, 3.63) is 42.5 Å². The fourth-order valence-electron chi connectivity index (χ4n) is 1.80. The molecule has 0 saturated heterocycles. The highest BCUT2D eigenvalue weighted by molar-refractivity contribution is 7.90. The lowest BCUT2D eigenvalue weighted by Crippen LogP contribution is -2.14. The summed E-state index contributed by atoms with van der Waals surface area (Å²) < 4.78 is 22.6. The predicted molar refractivity (Wildman–Crippen MR) is 79.9 cm³/mol. The summed E-state index contributed by atoms with van der Waals surface area (Å²) in [6.45, 7) is 5.47. The molecule has 106 valence electrons. The van der Waals surface area contributed by atoms with Crippen molar-refractivity contribution < 1.29 is 8.42 Å². The molecule has 0 aliphatic heterocycles. The minimum absolute atomic E-state index is 0.376. The molecular formula is C15H23NO2S. The van der Waals surface area contributed by atoms with E-state index < -0.39 is 9.84 Å². The first kappa shape index (κ1) is 15.9. The van der Waals surface area contributed by atoms with Gasteiger partial charge in [-0.25, -0.2) is 8.42 Å². The minimum atomic E-state index is -3.09. The van der Waals surface area contributed by atoms with Crippen molar-refractivity contribution in [1.29, 1.82) is 0 Å². The molecular weight excluding hydrogens is 258 g/mol. The van der Waals surface area contributed by atoms with Gasteiger partial charge in [-0.3, -0.25) is 0 Å². The van der Waals surface area contributed by atoms with E-state index in [0.29, 0.717) is 4.90 Å². The maximum atomic E-state index is 11.3. The molecule has 0 bridgehead atoms. The zero-order valence-corrected chi connectivity index (χ0v) is 12.4. The van der Waals surface area contributed by atoms with Gasteiger partial charge in [0.25, 0.3) is 0 Å². The van der Waals surface area contributed by atoms with Crippen LogP contribution in [0.15, 0.2) is 41.8 Å². The molecule has 1 N–H and O–H groups in total. The molecule has 0 radical (unpaired) electrons. The molecule has 0 aliphatic carbocycles. The highest BCUT2D eigenvalue weighted by Gasteiger charge is 2.05. The van der Waals surface area contributed by atoms with Gasteiger partial charge in [0.2, 0.25) is 0 Å². The topological polar surface area (TPSA) is 46.2 Å². The smallest absolute Gasteiger partial charge is 0.175 e. The van der Waals surface area contributed by atoms with E-state index in [1.54, 1.807) is 12.1 Å². The van der Waals surface area contributed by atoms with Gasteiger partial charge in [0.15, 0.2) is 9.84 Å². The Labute approximate surface area is 116 Å². The standard InChI is InChI=1S/C15H23NO2S/c1-3-4-5-6-7-12-16-13-14-8-10-15(11-9-14)19(2,17)18/h3,8-11,16H,1,4-7,12-13H2,2H3. The monoisotopic (exact) mass is 281 g/mol. The summed E-state index contributed by atoms with van der Waals surface area (Å²) >= 11 is 0. The second-order valence-electron chi connectivity index (χ2n) is 4.73. The first-order chi connectivity index (χ1) is 9.04. The Kier molecular flexibility index (Phi) is 6.81. The van der Waals surface area contributed by atoms with E-state index in [2.05, 4.69) is 11.9 Å². The first-order valence-electron chi connectivity index (χ1n) is 6.64. The molecule has 0 aromatic heterocycles. The summed E-state index contributed by atoms with van der Waals surface area (Å²) in [6, 6.07) is 7.05. The summed E-state index contributed by atoms with van der Waals surface area (Å²) in [4.78, 5) is 0.376. The van der Waals surface area contributed by atoms with Gasteiger partial charge in [0.1, 0.15) is 0 Å². The van der Waals surface area contributed by atoms with Crippen molar-refractivity contribution in [3.63, 3.8) is 0 Å². The molecule has 4 heteroatoms. The lowest BCUT2D eigenvalue weighted by atomic mass is 10.2. The van der Waals surface area contributed by atoms with Gasteiger partial charge in [-0.15, -0.1) is 6.58 Å². The van der Waals surface area contributed by atoms with Crippen molar-refractivity contribution >= 4 is 9.84 Å². The Morgan fingerprint density at radius 1 is 1.16 bits per heavy atom.